The largest absolute Gasteiger partial charge is 0.404 e. The maximum absolute atomic E-state index is 13.2. The Balaban J connectivity index is 1.83. The van der Waals surface area contributed by atoms with Gasteiger partial charge in [0.25, 0.3) is 5.92 Å². The standard InChI is InChI=1S/C21H28F2N6/c1-26-11-15(10-24)14-4-3-5-17(8-14)28-20(25)18-13-29(2)7-6-19(18)27-12-16-9-21(16,22)23/h3-5,8,10-11,16,27H,6-7,9,12-13,24H2,1-2H3,(H2,25,28). The summed E-state index contributed by atoms with van der Waals surface area (Å²) in [5.41, 5.74) is 16.2. The first kappa shape index (κ1) is 21.0. The third-order valence-corrected chi connectivity index (χ3v) is 5.24. The predicted octanol–water partition coefficient (Wildman–Crippen LogP) is 2.51. The van der Waals surface area contributed by atoms with Gasteiger partial charge >= 0.3 is 0 Å². The summed E-state index contributed by atoms with van der Waals surface area (Å²) in [7, 11) is 3.68. The molecule has 0 saturated heterocycles. The summed E-state index contributed by atoms with van der Waals surface area (Å²) in [6.45, 7) is 1.73. The van der Waals surface area contributed by atoms with Gasteiger partial charge in [-0.3, -0.25) is 4.99 Å². The number of nitrogens with zero attached hydrogens (tertiary/aromatic N) is 3. The van der Waals surface area contributed by atoms with E-state index in [0.29, 0.717) is 18.1 Å². The first-order chi connectivity index (χ1) is 13.8. The van der Waals surface area contributed by atoms with Crippen molar-refractivity contribution in [1.29, 1.82) is 0 Å². The summed E-state index contributed by atoms with van der Waals surface area (Å²) in [6.07, 6.45) is 3.86. The van der Waals surface area contributed by atoms with Gasteiger partial charge in [-0.1, -0.05) is 12.1 Å². The van der Waals surface area contributed by atoms with Crippen LogP contribution in [0.2, 0.25) is 0 Å². The van der Waals surface area contributed by atoms with E-state index in [-0.39, 0.29) is 13.0 Å². The van der Waals surface area contributed by atoms with E-state index in [2.05, 4.69) is 20.2 Å². The minimum absolute atomic E-state index is 0.0447. The normalized spacial score (nSPS) is 23.0. The van der Waals surface area contributed by atoms with Crippen LogP contribution in [0.25, 0.3) is 5.57 Å². The molecule has 1 aromatic rings. The van der Waals surface area contributed by atoms with Crippen LogP contribution in [0.15, 0.2) is 51.7 Å². The van der Waals surface area contributed by atoms with Crippen LogP contribution in [0.5, 0.6) is 0 Å². The monoisotopic (exact) mass is 402 g/mol. The Morgan fingerprint density at radius 3 is 2.83 bits per heavy atom. The number of amidine groups is 1. The molecule has 156 valence electrons. The van der Waals surface area contributed by atoms with Gasteiger partial charge in [0.05, 0.1) is 5.69 Å². The molecule has 0 radical (unpaired) electrons. The summed E-state index contributed by atoms with van der Waals surface area (Å²) in [4.78, 5) is 10.7. The number of nitrogens with one attached hydrogen (secondary N) is 1. The van der Waals surface area contributed by atoms with Crippen molar-refractivity contribution >= 4 is 23.3 Å². The van der Waals surface area contributed by atoms with Crippen molar-refractivity contribution in [3.05, 3.63) is 47.3 Å². The number of likely N-dealkylation sites (N-methyl/N-ethyl adjacent to an activating group) is 1. The number of alkyl halides is 2. The smallest absolute Gasteiger partial charge is 0.253 e. The topological polar surface area (TPSA) is 92.0 Å². The van der Waals surface area contributed by atoms with Crippen molar-refractivity contribution in [2.24, 2.45) is 27.4 Å². The van der Waals surface area contributed by atoms with Crippen molar-refractivity contribution in [2.45, 2.75) is 18.8 Å². The molecule has 0 aromatic heterocycles. The van der Waals surface area contributed by atoms with Crippen molar-refractivity contribution < 1.29 is 8.78 Å². The fraction of sp³-hybridized carbons (Fsp3) is 0.429. The molecule has 2 aliphatic rings. The summed E-state index contributed by atoms with van der Waals surface area (Å²) in [5.74, 6) is -2.73. The fourth-order valence-corrected chi connectivity index (χ4v) is 3.38. The van der Waals surface area contributed by atoms with Gasteiger partial charge in [-0.15, -0.1) is 0 Å². The zero-order chi connectivity index (χ0) is 21.0. The molecule has 29 heavy (non-hydrogen) atoms. The van der Waals surface area contributed by atoms with Crippen LogP contribution in [0.3, 0.4) is 0 Å². The second-order valence-corrected chi connectivity index (χ2v) is 7.54. The van der Waals surface area contributed by atoms with E-state index in [0.717, 1.165) is 35.4 Å². The quantitative estimate of drug-likeness (QED) is 0.483. The van der Waals surface area contributed by atoms with Crippen LogP contribution in [0.4, 0.5) is 14.5 Å². The van der Waals surface area contributed by atoms with E-state index in [1.165, 1.54) is 6.20 Å². The Morgan fingerprint density at radius 1 is 1.41 bits per heavy atom. The van der Waals surface area contributed by atoms with Crippen LogP contribution in [-0.4, -0.2) is 56.6 Å². The lowest BCUT2D eigenvalue weighted by Crippen LogP contribution is -2.37. The minimum Gasteiger partial charge on any atom is -0.404 e. The highest BCUT2D eigenvalue weighted by Crippen LogP contribution is 2.48. The SMILES string of the molecule is CN=CC(=CN)c1cccc(N=C(N)C2=C(NCC3CC3(F)F)CCN(C)C2)c1. The summed E-state index contributed by atoms with van der Waals surface area (Å²) in [6, 6.07) is 7.55. The van der Waals surface area contributed by atoms with Crippen LogP contribution < -0.4 is 16.8 Å². The Labute approximate surface area is 170 Å². The Kier molecular flexibility index (Phi) is 6.32. The van der Waals surface area contributed by atoms with Gasteiger partial charge in [-0.2, -0.15) is 0 Å². The lowest BCUT2D eigenvalue weighted by Gasteiger charge is -2.28. The van der Waals surface area contributed by atoms with Gasteiger partial charge in [0.1, 0.15) is 5.84 Å². The summed E-state index contributed by atoms with van der Waals surface area (Å²) in [5, 5.41) is 3.20. The number of aliphatic imine (C=N–C) groups is 2. The second kappa shape index (κ2) is 8.73. The second-order valence-electron chi connectivity index (χ2n) is 7.54. The molecule has 5 N–H and O–H groups in total. The zero-order valence-corrected chi connectivity index (χ0v) is 16.8. The van der Waals surface area contributed by atoms with Gasteiger partial charge in [-0.25, -0.2) is 13.8 Å². The average Bonchev–Trinajstić information content (AvgIpc) is 3.31. The average molecular weight is 402 g/mol. The van der Waals surface area contributed by atoms with E-state index >= 15 is 0 Å². The highest BCUT2D eigenvalue weighted by atomic mass is 19.3. The molecule has 8 heteroatoms. The molecule has 0 amide bonds. The molecule has 1 aromatic carbocycles. The predicted molar refractivity (Wildman–Crippen MR) is 115 cm³/mol. The van der Waals surface area contributed by atoms with Crippen LogP contribution in [-0.2, 0) is 0 Å². The van der Waals surface area contributed by atoms with Crippen molar-refractivity contribution in [3.8, 4) is 0 Å². The first-order valence-electron chi connectivity index (χ1n) is 9.65. The van der Waals surface area contributed by atoms with Crippen molar-refractivity contribution in [1.82, 2.24) is 10.2 Å². The molecular formula is C21H28F2N6. The van der Waals surface area contributed by atoms with E-state index < -0.39 is 11.8 Å². The zero-order valence-electron chi connectivity index (χ0n) is 16.8. The molecule has 0 spiro atoms. The number of rotatable bonds is 7. The van der Waals surface area contributed by atoms with Crippen molar-refractivity contribution in [2.75, 3.05) is 33.7 Å². The Hall–Kier alpha value is -2.74. The summed E-state index contributed by atoms with van der Waals surface area (Å²) >= 11 is 0. The lowest BCUT2D eigenvalue weighted by atomic mass is 10.0. The van der Waals surface area contributed by atoms with E-state index in [1.54, 1.807) is 13.3 Å². The van der Waals surface area contributed by atoms with Crippen LogP contribution in [0, 0.1) is 5.92 Å². The number of allylic oxidation sites excluding steroid dienone is 1. The molecule has 1 atom stereocenters. The molecule has 1 unspecified atom stereocenters. The van der Waals surface area contributed by atoms with Gasteiger partial charge < -0.3 is 21.7 Å². The molecule has 1 aliphatic carbocycles. The molecular weight excluding hydrogens is 374 g/mol. The number of hydrogen-bond donors (Lipinski definition) is 3. The maximum Gasteiger partial charge on any atom is 0.253 e. The Morgan fingerprint density at radius 2 is 2.17 bits per heavy atom. The van der Waals surface area contributed by atoms with Gasteiger partial charge in [0, 0.05) is 74.7 Å². The number of nitrogens with two attached hydrogens (primary N) is 2. The van der Waals surface area contributed by atoms with Crippen LogP contribution >= 0.6 is 0 Å². The van der Waals surface area contributed by atoms with E-state index in [4.69, 9.17) is 11.5 Å². The third-order valence-electron chi connectivity index (χ3n) is 5.24. The first-order valence-corrected chi connectivity index (χ1v) is 9.65. The summed E-state index contributed by atoms with van der Waals surface area (Å²) < 4.78 is 26.4. The van der Waals surface area contributed by atoms with Gasteiger partial charge in [-0.05, 0) is 24.7 Å². The van der Waals surface area contributed by atoms with Crippen molar-refractivity contribution in [3.63, 3.8) is 0 Å². The molecule has 1 aliphatic heterocycles. The number of halogens is 2. The fourth-order valence-electron chi connectivity index (χ4n) is 3.38. The molecule has 1 saturated carbocycles. The van der Waals surface area contributed by atoms with E-state index in [1.807, 2.05) is 31.3 Å². The molecule has 0 bridgehead atoms. The number of benzene rings is 1. The molecule has 6 nitrogen and oxygen atoms in total. The van der Waals surface area contributed by atoms with Gasteiger partial charge in [0.2, 0.25) is 0 Å². The lowest BCUT2D eigenvalue weighted by molar-refractivity contribution is 0.0991. The van der Waals surface area contributed by atoms with E-state index in [9.17, 15) is 8.78 Å². The highest BCUT2D eigenvalue weighted by Gasteiger charge is 2.56. The molecule has 1 fully saturated rings. The third kappa shape index (κ3) is 5.20. The highest BCUT2D eigenvalue weighted by molar-refractivity contribution is 6.09. The maximum atomic E-state index is 13.2. The Bertz CT molecular complexity index is 872. The minimum atomic E-state index is -2.53. The van der Waals surface area contributed by atoms with Crippen LogP contribution in [0.1, 0.15) is 18.4 Å². The van der Waals surface area contributed by atoms with Gasteiger partial charge in [0.15, 0.2) is 0 Å². The molecule has 3 rings (SSSR count). The number of hydrogen-bond acceptors (Lipinski definition) is 5. The molecule has 1 heterocycles.